The second kappa shape index (κ2) is 17.2. The standard InChI is InChI=1S/C47H77NO16/c1-22-30(51)33(54)35(56)38(60-22)64-37-32(53)26(62-39-36(57)34(55)31(52)25(19-49)61-39)20-59-40(37)63-29-11-12-43(4)27(44(29,5)21-50)10-13-46(7)28(43)9-8-23-24-18-42(2,3)14-16-47(24,41(48)58)17-15-45(23,46)6/h8,22,24-40,49-57H,9-21H2,1-7H3,(H2,48,58)/t22-,24?,25+,26-,27?,28?,29?,30-,31+,32-,33+,34-,35+,36+,37+,38-,39+,40-,43-,44-,45+,46+,47-/m0/s1. The summed E-state index contributed by atoms with van der Waals surface area (Å²) in [6.07, 6.45) is -10.9. The molecule has 0 aromatic heterocycles. The molecule has 23 atom stereocenters. The molecule has 0 aromatic rings. The third-order valence-electron chi connectivity index (χ3n) is 19.2. The van der Waals surface area contributed by atoms with Gasteiger partial charge in [-0.25, -0.2) is 0 Å². The number of fused-ring (bicyclic) bond motifs is 7. The smallest absolute Gasteiger partial charge is 0.224 e. The van der Waals surface area contributed by atoms with Crippen LogP contribution in [-0.4, -0.2) is 164 Å². The number of primary amides is 1. The van der Waals surface area contributed by atoms with E-state index in [4.69, 9.17) is 34.2 Å². The highest BCUT2D eigenvalue weighted by Gasteiger charge is 2.70. The molecule has 0 aromatic carbocycles. The van der Waals surface area contributed by atoms with Crippen LogP contribution in [0.2, 0.25) is 0 Å². The summed E-state index contributed by atoms with van der Waals surface area (Å²) in [4.78, 5) is 13.4. The van der Waals surface area contributed by atoms with Crippen molar-refractivity contribution in [1.82, 2.24) is 0 Å². The Balaban J connectivity index is 1.05. The van der Waals surface area contributed by atoms with Gasteiger partial charge in [0, 0.05) is 5.41 Å². The summed E-state index contributed by atoms with van der Waals surface area (Å²) in [5.74, 6) is 0.235. The average molecular weight is 912 g/mol. The van der Waals surface area contributed by atoms with Crippen molar-refractivity contribution in [3.8, 4) is 0 Å². The van der Waals surface area contributed by atoms with Crippen molar-refractivity contribution in [3.05, 3.63) is 11.6 Å². The summed E-state index contributed by atoms with van der Waals surface area (Å²) in [6.45, 7) is 14.2. The van der Waals surface area contributed by atoms with E-state index in [0.29, 0.717) is 6.42 Å². The highest BCUT2D eigenvalue weighted by Crippen LogP contribution is 2.76. The normalized spacial score (nSPS) is 55.0. The number of carbonyl (C=O) groups is 1. The van der Waals surface area contributed by atoms with Gasteiger partial charge in [0.2, 0.25) is 5.91 Å². The molecular weight excluding hydrogens is 835 g/mol. The molecule has 4 unspecified atom stereocenters. The summed E-state index contributed by atoms with van der Waals surface area (Å²) < 4.78 is 36.6. The second-order valence-electron chi connectivity index (χ2n) is 22.9. The predicted molar refractivity (Wildman–Crippen MR) is 226 cm³/mol. The maximum atomic E-state index is 13.4. The van der Waals surface area contributed by atoms with E-state index in [1.165, 1.54) is 12.5 Å². The molecule has 4 saturated carbocycles. The van der Waals surface area contributed by atoms with Gasteiger partial charge in [-0.2, -0.15) is 0 Å². The Morgan fingerprint density at radius 3 is 2.05 bits per heavy atom. The Morgan fingerprint density at radius 1 is 0.734 bits per heavy atom. The lowest BCUT2D eigenvalue weighted by molar-refractivity contribution is -0.381. The molecule has 3 saturated heterocycles. The van der Waals surface area contributed by atoms with Gasteiger partial charge in [0.05, 0.1) is 37.4 Å². The van der Waals surface area contributed by atoms with Crippen LogP contribution in [0.5, 0.6) is 0 Å². The van der Waals surface area contributed by atoms with Crippen LogP contribution < -0.4 is 5.73 Å². The van der Waals surface area contributed by atoms with Crippen LogP contribution in [0.25, 0.3) is 0 Å². The Labute approximate surface area is 376 Å². The number of ether oxygens (including phenoxy) is 6. The Morgan fingerprint density at radius 2 is 1.39 bits per heavy atom. The predicted octanol–water partition coefficient (Wildman–Crippen LogP) is 0.746. The van der Waals surface area contributed by atoms with Crippen molar-refractivity contribution in [3.63, 3.8) is 0 Å². The molecule has 0 spiro atoms. The Hall–Kier alpha value is -1.39. The lowest BCUT2D eigenvalue weighted by atomic mass is 9.33. The molecule has 17 nitrogen and oxygen atoms in total. The summed E-state index contributed by atoms with van der Waals surface area (Å²) in [5.41, 5.74) is 6.10. The molecule has 64 heavy (non-hydrogen) atoms. The monoisotopic (exact) mass is 912 g/mol. The summed E-state index contributed by atoms with van der Waals surface area (Å²) >= 11 is 0. The van der Waals surface area contributed by atoms with Crippen molar-refractivity contribution in [2.45, 2.75) is 205 Å². The fraction of sp³-hybridized carbons (Fsp3) is 0.936. The number of carbonyl (C=O) groups excluding carboxylic acids is 1. The first-order valence-corrected chi connectivity index (χ1v) is 23.8. The number of aliphatic hydroxyl groups is 9. The fourth-order valence-electron chi connectivity index (χ4n) is 14.8. The van der Waals surface area contributed by atoms with Crippen molar-refractivity contribution < 1.29 is 79.2 Å². The van der Waals surface area contributed by atoms with E-state index in [9.17, 15) is 50.8 Å². The summed E-state index contributed by atoms with van der Waals surface area (Å²) in [6, 6.07) is 0. The number of nitrogens with two attached hydrogens (primary N) is 1. The van der Waals surface area contributed by atoms with Crippen LogP contribution >= 0.6 is 0 Å². The number of allylic oxidation sites excluding steroid dienone is 2. The fourth-order valence-corrected chi connectivity index (χ4v) is 14.8. The van der Waals surface area contributed by atoms with Gasteiger partial charge in [-0.15, -0.1) is 0 Å². The van der Waals surface area contributed by atoms with E-state index in [0.717, 1.165) is 57.8 Å². The number of aliphatic hydroxyl groups excluding tert-OH is 9. The zero-order valence-electron chi connectivity index (χ0n) is 38.6. The van der Waals surface area contributed by atoms with Gasteiger partial charge in [-0.3, -0.25) is 4.79 Å². The van der Waals surface area contributed by atoms with Crippen molar-refractivity contribution in [1.29, 1.82) is 0 Å². The largest absolute Gasteiger partial charge is 0.396 e. The molecule has 8 rings (SSSR count). The summed E-state index contributed by atoms with van der Waals surface area (Å²) in [7, 11) is 0. The van der Waals surface area contributed by atoms with E-state index in [2.05, 4.69) is 40.7 Å². The molecule has 0 bridgehead atoms. The van der Waals surface area contributed by atoms with Crippen LogP contribution in [0.3, 0.4) is 0 Å². The van der Waals surface area contributed by atoms with Gasteiger partial charge < -0.3 is 80.1 Å². The van der Waals surface area contributed by atoms with Crippen LogP contribution in [0, 0.1) is 50.2 Å². The highest BCUT2D eigenvalue weighted by molar-refractivity contribution is 5.82. The second-order valence-corrected chi connectivity index (χ2v) is 22.9. The minimum atomic E-state index is -1.77. The molecule has 5 aliphatic carbocycles. The van der Waals surface area contributed by atoms with E-state index in [-0.39, 0.29) is 58.5 Å². The molecule has 11 N–H and O–H groups in total. The molecule has 3 heterocycles. The quantitative estimate of drug-likeness (QED) is 0.113. The van der Waals surface area contributed by atoms with Crippen LogP contribution in [0.4, 0.5) is 0 Å². The van der Waals surface area contributed by atoms with E-state index >= 15 is 0 Å². The lowest BCUT2D eigenvalue weighted by Gasteiger charge is -2.71. The van der Waals surface area contributed by atoms with Gasteiger partial charge in [-0.05, 0) is 111 Å². The minimum absolute atomic E-state index is 0.0124. The van der Waals surface area contributed by atoms with E-state index < -0.39 is 110 Å². The first kappa shape index (κ1) is 49.0. The Bertz CT molecular complexity index is 1750. The van der Waals surface area contributed by atoms with Crippen molar-refractivity contribution >= 4 is 5.91 Å². The SMILES string of the molecule is C[C@@H]1O[C@@H](O[C@H]2[C@H](OC3CC[C@@]4(C)C(CC[C@]5(C)C4CC=C4C6CC(C)(C)CC[C@]6(C(N)=O)CC[C@]45C)[C@]3(C)CO)OC[C@H](O[C@H]3O[C@H](CO)[C@@H](O)[C@H](O)[C@H]3O)[C@@H]2O)[C@H](O)[C@H](O)[C@H]1O. The number of rotatable bonds is 9. The van der Waals surface area contributed by atoms with E-state index in [1.54, 1.807) is 0 Å². The third-order valence-corrected chi connectivity index (χ3v) is 19.2. The van der Waals surface area contributed by atoms with Gasteiger partial charge in [0.25, 0.3) is 0 Å². The molecule has 0 radical (unpaired) electrons. The zero-order valence-corrected chi connectivity index (χ0v) is 38.6. The summed E-state index contributed by atoms with van der Waals surface area (Å²) in [5, 5.41) is 96.8. The number of hydrogen-bond donors (Lipinski definition) is 10. The maximum absolute atomic E-state index is 13.4. The highest BCUT2D eigenvalue weighted by atomic mass is 16.8. The van der Waals surface area contributed by atoms with Gasteiger partial charge in [0.1, 0.15) is 61.0 Å². The minimum Gasteiger partial charge on any atom is -0.396 e. The molecule has 7 fully saturated rings. The van der Waals surface area contributed by atoms with Crippen LogP contribution in [0.1, 0.15) is 113 Å². The molecular formula is C47H77NO16. The molecule has 17 heteroatoms. The lowest BCUT2D eigenvalue weighted by Crippen LogP contribution is -2.67. The molecule has 1 amide bonds. The molecule has 8 aliphatic rings. The van der Waals surface area contributed by atoms with Gasteiger partial charge >= 0.3 is 0 Å². The van der Waals surface area contributed by atoms with Crippen molar-refractivity contribution in [2.75, 3.05) is 19.8 Å². The molecule has 366 valence electrons. The van der Waals surface area contributed by atoms with Gasteiger partial charge in [-0.1, -0.05) is 53.2 Å². The first-order chi connectivity index (χ1) is 29.9. The average Bonchev–Trinajstić information content (AvgIpc) is 3.24. The van der Waals surface area contributed by atoms with Crippen LogP contribution in [0.15, 0.2) is 11.6 Å². The topological polar surface area (TPSA) is 281 Å². The first-order valence-electron chi connectivity index (χ1n) is 23.8. The van der Waals surface area contributed by atoms with Crippen LogP contribution in [-0.2, 0) is 33.2 Å². The van der Waals surface area contributed by atoms with Crippen molar-refractivity contribution in [2.24, 2.45) is 56.0 Å². The zero-order chi connectivity index (χ0) is 46.7. The maximum Gasteiger partial charge on any atom is 0.224 e. The van der Waals surface area contributed by atoms with Gasteiger partial charge in [0.15, 0.2) is 18.9 Å². The number of hydrogen-bond acceptors (Lipinski definition) is 16. The Kier molecular flexibility index (Phi) is 13.2. The van der Waals surface area contributed by atoms with E-state index in [1.807, 2.05) is 6.92 Å². The molecule has 3 aliphatic heterocycles. The number of amides is 1. The third kappa shape index (κ3) is 7.49.